The van der Waals surface area contributed by atoms with Crippen molar-refractivity contribution in [2.24, 2.45) is 0 Å². The highest BCUT2D eigenvalue weighted by Crippen LogP contribution is 2.21. The highest BCUT2D eigenvalue weighted by Gasteiger charge is 2.05. The monoisotopic (exact) mass is 182 g/mol. The summed E-state index contributed by atoms with van der Waals surface area (Å²) in [7, 11) is 0. The second-order valence-corrected chi connectivity index (χ2v) is 2.72. The Bertz CT molecular complexity index is 410. The van der Waals surface area contributed by atoms with Gasteiger partial charge in [0.2, 0.25) is 0 Å². The van der Waals surface area contributed by atoms with Crippen LogP contribution in [0, 0.1) is 0 Å². The molecular formula is C8H7ClN2O. The van der Waals surface area contributed by atoms with Gasteiger partial charge < -0.3 is 10.2 Å². The van der Waals surface area contributed by atoms with Crippen LogP contribution in [-0.2, 0) is 5.88 Å². The van der Waals surface area contributed by atoms with Crippen molar-refractivity contribution in [1.29, 1.82) is 0 Å². The SMILES string of the molecule is Nc1nc2c(CCl)cccc2o1. The average Bonchev–Trinajstić information content (AvgIpc) is 2.44. The van der Waals surface area contributed by atoms with E-state index in [0.29, 0.717) is 11.5 Å². The summed E-state index contributed by atoms with van der Waals surface area (Å²) in [5.41, 5.74) is 7.77. The van der Waals surface area contributed by atoms with Gasteiger partial charge in [-0.15, -0.1) is 11.6 Å². The lowest BCUT2D eigenvalue weighted by molar-refractivity contribution is 0.626. The predicted octanol–water partition coefficient (Wildman–Crippen LogP) is 2.15. The summed E-state index contributed by atoms with van der Waals surface area (Å²) in [5.74, 6) is 0.420. The number of aromatic nitrogens is 1. The molecule has 0 unspecified atom stereocenters. The van der Waals surface area contributed by atoms with Crippen LogP contribution in [0.15, 0.2) is 22.6 Å². The number of anilines is 1. The number of hydrogen-bond donors (Lipinski definition) is 1. The van der Waals surface area contributed by atoms with Crippen molar-refractivity contribution in [2.75, 3.05) is 5.73 Å². The molecule has 2 aromatic rings. The number of hydrogen-bond acceptors (Lipinski definition) is 3. The van der Waals surface area contributed by atoms with Gasteiger partial charge in [-0.05, 0) is 11.6 Å². The molecule has 0 radical (unpaired) electrons. The molecule has 4 heteroatoms. The van der Waals surface area contributed by atoms with Gasteiger partial charge >= 0.3 is 0 Å². The summed E-state index contributed by atoms with van der Waals surface area (Å²) in [5, 5.41) is 0. The van der Waals surface area contributed by atoms with Crippen molar-refractivity contribution in [3.8, 4) is 0 Å². The maximum Gasteiger partial charge on any atom is 0.292 e. The predicted molar refractivity (Wildman–Crippen MR) is 48.0 cm³/mol. The molecule has 0 atom stereocenters. The van der Waals surface area contributed by atoms with Crippen LogP contribution >= 0.6 is 11.6 Å². The van der Waals surface area contributed by atoms with Crippen molar-refractivity contribution in [2.45, 2.75) is 5.88 Å². The lowest BCUT2D eigenvalue weighted by Gasteiger charge is -1.92. The van der Waals surface area contributed by atoms with Crippen molar-refractivity contribution in [3.05, 3.63) is 23.8 Å². The minimum absolute atomic E-state index is 0.183. The molecule has 2 rings (SSSR count). The lowest BCUT2D eigenvalue weighted by atomic mass is 10.2. The number of para-hydroxylation sites is 1. The third-order valence-electron chi connectivity index (χ3n) is 1.66. The largest absolute Gasteiger partial charge is 0.424 e. The van der Waals surface area contributed by atoms with Gasteiger partial charge in [-0.3, -0.25) is 0 Å². The molecule has 2 N–H and O–H groups in total. The van der Waals surface area contributed by atoms with Gasteiger partial charge in [0.25, 0.3) is 6.01 Å². The molecule has 1 heterocycles. The molecule has 0 aliphatic carbocycles. The van der Waals surface area contributed by atoms with E-state index in [1.165, 1.54) is 0 Å². The highest BCUT2D eigenvalue weighted by molar-refractivity contribution is 6.17. The second kappa shape index (κ2) is 2.68. The Morgan fingerprint density at radius 3 is 3.08 bits per heavy atom. The van der Waals surface area contributed by atoms with Crippen LogP contribution in [0.1, 0.15) is 5.56 Å². The maximum absolute atomic E-state index is 5.69. The molecular weight excluding hydrogens is 176 g/mol. The average molecular weight is 183 g/mol. The van der Waals surface area contributed by atoms with Gasteiger partial charge in [0.15, 0.2) is 5.58 Å². The molecule has 0 aliphatic heterocycles. The van der Waals surface area contributed by atoms with Crippen LogP contribution in [0.2, 0.25) is 0 Å². The molecule has 1 aromatic heterocycles. The maximum atomic E-state index is 5.69. The Hall–Kier alpha value is -1.22. The van der Waals surface area contributed by atoms with Crippen LogP contribution in [0.4, 0.5) is 6.01 Å². The first-order valence-corrected chi connectivity index (χ1v) is 4.04. The van der Waals surface area contributed by atoms with E-state index in [4.69, 9.17) is 21.8 Å². The van der Waals surface area contributed by atoms with E-state index in [-0.39, 0.29) is 6.01 Å². The molecule has 0 saturated heterocycles. The molecule has 0 spiro atoms. The summed E-state index contributed by atoms with van der Waals surface area (Å²) >= 11 is 5.69. The smallest absolute Gasteiger partial charge is 0.292 e. The van der Waals surface area contributed by atoms with E-state index in [1.807, 2.05) is 18.2 Å². The zero-order chi connectivity index (χ0) is 8.55. The zero-order valence-electron chi connectivity index (χ0n) is 6.25. The number of rotatable bonds is 1. The van der Waals surface area contributed by atoms with Crippen molar-refractivity contribution in [3.63, 3.8) is 0 Å². The third kappa shape index (κ3) is 1.02. The quantitative estimate of drug-likeness (QED) is 0.688. The van der Waals surface area contributed by atoms with Crippen molar-refractivity contribution >= 4 is 28.7 Å². The standard InChI is InChI=1S/C8H7ClN2O/c9-4-5-2-1-3-6-7(5)11-8(10)12-6/h1-3H,4H2,(H2,10,11). The van der Waals surface area contributed by atoms with Crippen LogP contribution in [0.25, 0.3) is 11.1 Å². The fourth-order valence-electron chi connectivity index (χ4n) is 1.13. The Morgan fingerprint density at radius 2 is 2.33 bits per heavy atom. The summed E-state index contributed by atoms with van der Waals surface area (Å²) in [6.45, 7) is 0. The van der Waals surface area contributed by atoms with Crippen LogP contribution < -0.4 is 5.73 Å². The van der Waals surface area contributed by atoms with Gasteiger partial charge in [0, 0.05) is 5.88 Å². The number of nitrogens with zero attached hydrogens (tertiary/aromatic N) is 1. The molecule has 12 heavy (non-hydrogen) atoms. The highest BCUT2D eigenvalue weighted by atomic mass is 35.5. The fourth-order valence-corrected chi connectivity index (χ4v) is 1.35. The summed E-state index contributed by atoms with van der Waals surface area (Å²) in [4.78, 5) is 4.01. The minimum Gasteiger partial charge on any atom is -0.424 e. The van der Waals surface area contributed by atoms with Crippen LogP contribution in [0.3, 0.4) is 0 Å². The van der Waals surface area contributed by atoms with Gasteiger partial charge in [-0.25, -0.2) is 0 Å². The minimum atomic E-state index is 0.183. The Morgan fingerprint density at radius 1 is 1.50 bits per heavy atom. The number of alkyl halides is 1. The van der Waals surface area contributed by atoms with E-state index in [2.05, 4.69) is 4.98 Å². The summed E-state index contributed by atoms with van der Waals surface area (Å²) in [6.07, 6.45) is 0. The number of nitrogen functional groups attached to an aromatic ring is 1. The molecule has 0 bridgehead atoms. The number of nitrogens with two attached hydrogens (primary N) is 1. The van der Waals surface area contributed by atoms with Crippen molar-refractivity contribution in [1.82, 2.24) is 4.98 Å². The van der Waals surface area contributed by atoms with E-state index in [1.54, 1.807) is 0 Å². The Balaban J connectivity index is 2.78. The second-order valence-electron chi connectivity index (χ2n) is 2.45. The number of oxazole rings is 1. The molecule has 0 saturated carbocycles. The van der Waals surface area contributed by atoms with Gasteiger partial charge in [0.1, 0.15) is 5.52 Å². The van der Waals surface area contributed by atoms with E-state index >= 15 is 0 Å². The molecule has 3 nitrogen and oxygen atoms in total. The van der Waals surface area contributed by atoms with E-state index in [9.17, 15) is 0 Å². The van der Waals surface area contributed by atoms with E-state index in [0.717, 1.165) is 11.1 Å². The first-order chi connectivity index (χ1) is 5.81. The van der Waals surface area contributed by atoms with E-state index < -0.39 is 0 Å². The molecule has 0 fully saturated rings. The van der Waals surface area contributed by atoms with Gasteiger partial charge in [0.05, 0.1) is 0 Å². The molecule has 0 amide bonds. The fraction of sp³-hybridized carbons (Fsp3) is 0.125. The summed E-state index contributed by atoms with van der Waals surface area (Å²) < 4.78 is 5.12. The zero-order valence-corrected chi connectivity index (χ0v) is 7.01. The normalized spacial score (nSPS) is 10.8. The summed E-state index contributed by atoms with van der Waals surface area (Å²) in [6, 6.07) is 5.76. The van der Waals surface area contributed by atoms with Crippen LogP contribution in [-0.4, -0.2) is 4.98 Å². The van der Waals surface area contributed by atoms with Crippen LogP contribution in [0.5, 0.6) is 0 Å². The Kier molecular flexibility index (Phi) is 1.66. The lowest BCUT2D eigenvalue weighted by Crippen LogP contribution is -1.83. The molecule has 62 valence electrons. The third-order valence-corrected chi connectivity index (χ3v) is 1.95. The topological polar surface area (TPSA) is 52.0 Å². The number of benzene rings is 1. The molecule has 0 aliphatic rings. The Labute approximate surface area is 74.1 Å². The van der Waals surface area contributed by atoms with Crippen molar-refractivity contribution < 1.29 is 4.42 Å². The number of fused-ring (bicyclic) bond motifs is 1. The first kappa shape index (κ1) is 7.43. The first-order valence-electron chi connectivity index (χ1n) is 3.51. The van der Waals surface area contributed by atoms with Gasteiger partial charge in [-0.1, -0.05) is 12.1 Å². The van der Waals surface area contributed by atoms with Gasteiger partial charge in [-0.2, -0.15) is 4.98 Å². The molecule has 1 aromatic carbocycles. The number of halogens is 1.